The van der Waals surface area contributed by atoms with Gasteiger partial charge in [0.05, 0.1) is 6.10 Å². The number of nitrogens with two attached hydrogens (primary N) is 1. The fourth-order valence-corrected chi connectivity index (χ4v) is 1.73. The molecule has 14 heavy (non-hydrogen) atoms. The normalized spacial score (nSPS) is 15.1. The van der Waals surface area contributed by atoms with Crippen molar-refractivity contribution in [3.05, 3.63) is 29.8 Å². The van der Waals surface area contributed by atoms with Gasteiger partial charge in [0, 0.05) is 16.6 Å². The average molecular weight is 260 g/mol. The number of para-hydroxylation sites is 1. The first-order valence-corrected chi connectivity index (χ1v) is 5.55. The van der Waals surface area contributed by atoms with Gasteiger partial charge in [-0.3, -0.25) is 0 Å². The highest BCUT2D eigenvalue weighted by Gasteiger charge is 2.19. The Morgan fingerprint density at radius 1 is 1.29 bits per heavy atom. The van der Waals surface area contributed by atoms with E-state index in [4.69, 9.17) is 5.73 Å². The van der Waals surface area contributed by atoms with Gasteiger partial charge in [-0.1, -0.05) is 34.1 Å². The molecule has 0 saturated carbocycles. The summed E-state index contributed by atoms with van der Waals surface area (Å²) < 4.78 is 0. The number of hydrogen-bond donors (Lipinski definition) is 3. The summed E-state index contributed by atoms with van der Waals surface area (Å²) in [5, 5.41) is 20.0. The maximum atomic E-state index is 9.75. The molecule has 78 valence electrons. The summed E-state index contributed by atoms with van der Waals surface area (Å²) in [6, 6.07) is 7.01. The quantitative estimate of drug-likeness (QED) is 0.567. The van der Waals surface area contributed by atoms with Gasteiger partial charge in [-0.15, -0.1) is 0 Å². The first-order valence-electron chi connectivity index (χ1n) is 4.43. The Morgan fingerprint density at radius 2 is 1.93 bits per heavy atom. The maximum absolute atomic E-state index is 9.75. The molecule has 0 spiro atoms. The summed E-state index contributed by atoms with van der Waals surface area (Å²) >= 11 is 3.21. The second-order valence-corrected chi connectivity index (χ2v) is 3.91. The van der Waals surface area contributed by atoms with E-state index < -0.39 is 12.2 Å². The van der Waals surface area contributed by atoms with Crippen molar-refractivity contribution >= 4 is 21.6 Å². The summed E-state index contributed by atoms with van der Waals surface area (Å²) in [6.45, 7) is 0. The van der Waals surface area contributed by atoms with E-state index in [0.717, 1.165) is 0 Å². The Kier molecular flexibility index (Phi) is 4.38. The van der Waals surface area contributed by atoms with Crippen molar-refractivity contribution < 1.29 is 10.2 Å². The van der Waals surface area contributed by atoms with E-state index in [1.54, 1.807) is 24.3 Å². The van der Waals surface area contributed by atoms with Crippen LogP contribution in [-0.4, -0.2) is 21.6 Å². The van der Waals surface area contributed by atoms with Gasteiger partial charge in [0.1, 0.15) is 6.10 Å². The molecule has 0 amide bonds. The van der Waals surface area contributed by atoms with E-state index in [1.165, 1.54) is 0 Å². The Hall–Kier alpha value is -0.580. The number of nitrogen functional groups attached to an aromatic ring is 1. The number of alkyl halides is 1. The van der Waals surface area contributed by atoms with Gasteiger partial charge in [0.25, 0.3) is 0 Å². The summed E-state index contributed by atoms with van der Waals surface area (Å²) in [4.78, 5) is 0. The van der Waals surface area contributed by atoms with Crippen LogP contribution in [0.2, 0.25) is 0 Å². The third-order valence-electron chi connectivity index (χ3n) is 2.08. The lowest BCUT2D eigenvalue weighted by atomic mass is 10.0. The number of halogens is 1. The first kappa shape index (κ1) is 11.5. The zero-order valence-corrected chi connectivity index (χ0v) is 9.31. The standard InChI is InChI=1S/C10H14BrNO2/c11-6-5-9(13)10(14)7-3-1-2-4-8(7)12/h1-4,9-10,13-14H,5-6,12H2. The lowest BCUT2D eigenvalue weighted by molar-refractivity contribution is 0.0178. The lowest BCUT2D eigenvalue weighted by Gasteiger charge is -2.18. The number of aliphatic hydroxyl groups is 2. The summed E-state index contributed by atoms with van der Waals surface area (Å²) in [7, 11) is 0. The molecule has 1 aromatic carbocycles. The summed E-state index contributed by atoms with van der Waals surface area (Å²) in [6.07, 6.45) is -1.19. The predicted octanol–water partition coefficient (Wildman–Crippen LogP) is 1.45. The number of benzene rings is 1. The molecule has 0 saturated heterocycles. The first-order chi connectivity index (χ1) is 6.66. The Bertz CT molecular complexity index is 293. The third kappa shape index (κ3) is 2.70. The molecule has 1 rings (SSSR count). The van der Waals surface area contributed by atoms with Crippen LogP contribution in [0.5, 0.6) is 0 Å². The molecular formula is C10H14BrNO2. The van der Waals surface area contributed by atoms with Crippen LogP contribution < -0.4 is 5.73 Å². The Morgan fingerprint density at radius 3 is 2.50 bits per heavy atom. The lowest BCUT2D eigenvalue weighted by Crippen LogP contribution is -2.19. The van der Waals surface area contributed by atoms with Crippen molar-refractivity contribution in [3.8, 4) is 0 Å². The zero-order chi connectivity index (χ0) is 10.6. The minimum atomic E-state index is -0.909. The van der Waals surface area contributed by atoms with Crippen molar-refractivity contribution in [2.45, 2.75) is 18.6 Å². The predicted molar refractivity (Wildman–Crippen MR) is 60.2 cm³/mol. The van der Waals surface area contributed by atoms with Crippen LogP contribution in [0, 0.1) is 0 Å². The van der Waals surface area contributed by atoms with Crippen LogP contribution >= 0.6 is 15.9 Å². The van der Waals surface area contributed by atoms with Gasteiger partial charge < -0.3 is 15.9 Å². The van der Waals surface area contributed by atoms with Gasteiger partial charge in [0.15, 0.2) is 0 Å². The highest BCUT2D eigenvalue weighted by atomic mass is 79.9. The monoisotopic (exact) mass is 259 g/mol. The summed E-state index contributed by atoms with van der Waals surface area (Å²) in [5.41, 5.74) is 6.76. The molecular weight excluding hydrogens is 246 g/mol. The van der Waals surface area contributed by atoms with Crippen LogP contribution in [0.25, 0.3) is 0 Å². The molecule has 0 aliphatic carbocycles. The Balaban J connectivity index is 2.78. The van der Waals surface area contributed by atoms with E-state index in [9.17, 15) is 10.2 Å². The number of rotatable bonds is 4. The SMILES string of the molecule is Nc1ccccc1C(O)C(O)CCBr. The molecule has 4 N–H and O–H groups in total. The molecule has 1 aromatic rings. The molecule has 0 heterocycles. The van der Waals surface area contributed by atoms with E-state index in [-0.39, 0.29) is 0 Å². The van der Waals surface area contributed by atoms with Gasteiger partial charge >= 0.3 is 0 Å². The largest absolute Gasteiger partial charge is 0.398 e. The van der Waals surface area contributed by atoms with Crippen LogP contribution in [0.4, 0.5) is 5.69 Å². The van der Waals surface area contributed by atoms with Crippen molar-refractivity contribution in [2.24, 2.45) is 0 Å². The fraction of sp³-hybridized carbons (Fsp3) is 0.400. The molecule has 0 radical (unpaired) electrons. The van der Waals surface area contributed by atoms with Crippen molar-refractivity contribution in [1.29, 1.82) is 0 Å². The molecule has 4 heteroatoms. The molecule has 0 aliphatic heterocycles. The minimum absolute atomic E-state index is 0.496. The smallest absolute Gasteiger partial charge is 0.107 e. The molecule has 2 unspecified atom stereocenters. The molecule has 0 fully saturated rings. The fourth-order valence-electron chi connectivity index (χ4n) is 1.26. The number of hydrogen-bond acceptors (Lipinski definition) is 3. The molecule has 0 aromatic heterocycles. The Labute approximate surface area is 91.7 Å². The second kappa shape index (κ2) is 5.34. The molecule has 0 aliphatic rings. The van der Waals surface area contributed by atoms with Crippen LogP contribution in [0.15, 0.2) is 24.3 Å². The highest BCUT2D eigenvalue weighted by molar-refractivity contribution is 9.09. The molecule has 3 nitrogen and oxygen atoms in total. The molecule has 2 atom stereocenters. The maximum Gasteiger partial charge on any atom is 0.107 e. The van der Waals surface area contributed by atoms with Crippen molar-refractivity contribution in [3.63, 3.8) is 0 Å². The van der Waals surface area contributed by atoms with Crippen LogP contribution in [0.3, 0.4) is 0 Å². The van der Waals surface area contributed by atoms with E-state index >= 15 is 0 Å². The number of aliphatic hydroxyl groups excluding tert-OH is 2. The van der Waals surface area contributed by atoms with Crippen molar-refractivity contribution in [2.75, 3.05) is 11.1 Å². The van der Waals surface area contributed by atoms with Gasteiger partial charge in [-0.05, 0) is 12.5 Å². The van der Waals surface area contributed by atoms with E-state index in [2.05, 4.69) is 15.9 Å². The van der Waals surface area contributed by atoms with Gasteiger partial charge in [-0.2, -0.15) is 0 Å². The molecule has 0 bridgehead atoms. The summed E-state index contributed by atoms with van der Waals surface area (Å²) in [5.74, 6) is 0. The minimum Gasteiger partial charge on any atom is -0.398 e. The van der Waals surface area contributed by atoms with Crippen molar-refractivity contribution in [1.82, 2.24) is 0 Å². The van der Waals surface area contributed by atoms with E-state index in [0.29, 0.717) is 23.0 Å². The highest BCUT2D eigenvalue weighted by Crippen LogP contribution is 2.24. The van der Waals surface area contributed by atoms with Gasteiger partial charge in [0.2, 0.25) is 0 Å². The van der Waals surface area contributed by atoms with Gasteiger partial charge in [-0.25, -0.2) is 0 Å². The topological polar surface area (TPSA) is 66.5 Å². The third-order valence-corrected chi connectivity index (χ3v) is 2.54. The number of anilines is 1. The average Bonchev–Trinajstić information content (AvgIpc) is 2.18. The second-order valence-electron chi connectivity index (χ2n) is 3.12. The zero-order valence-electron chi connectivity index (χ0n) is 7.73. The van der Waals surface area contributed by atoms with E-state index in [1.807, 2.05) is 0 Å². The van der Waals surface area contributed by atoms with Crippen LogP contribution in [-0.2, 0) is 0 Å². The van der Waals surface area contributed by atoms with Crippen LogP contribution in [0.1, 0.15) is 18.1 Å².